The number of rotatable bonds is 3. The van der Waals surface area contributed by atoms with E-state index in [1.54, 1.807) is 14.2 Å². The van der Waals surface area contributed by atoms with Crippen LogP contribution in [0, 0.1) is 0 Å². The predicted molar refractivity (Wildman–Crippen MR) is 69.2 cm³/mol. The van der Waals surface area contributed by atoms with Gasteiger partial charge in [0.2, 0.25) is 0 Å². The molecule has 17 heavy (non-hydrogen) atoms. The van der Waals surface area contributed by atoms with E-state index in [4.69, 9.17) is 9.47 Å². The van der Waals surface area contributed by atoms with Gasteiger partial charge in [0.1, 0.15) is 11.5 Å². The minimum absolute atomic E-state index is 0.832. The molecule has 1 saturated heterocycles. The normalized spacial score (nSPS) is 16.5. The number of methoxy groups -OCH3 is 2. The second kappa shape index (κ2) is 5.77. The number of hydrogen-bond acceptors (Lipinski definition) is 4. The molecule has 4 heteroatoms. The first kappa shape index (κ1) is 12.0. The van der Waals surface area contributed by atoms with E-state index in [2.05, 4.69) is 16.3 Å². The van der Waals surface area contributed by atoms with Crippen LogP contribution >= 0.6 is 0 Å². The topological polar surface area (TPSA) is 33.7 Å². The van der Waals surface area contributed by atoms with Gasteiger partial charge in [-0.05, 0) is 25.1 Å². The van der Waals surface area contributed by atoms with Gasteiger partial charge in [-0.15, -0.1) is 0 Å². The fraction of sp³-hybridized carbons (Fsp3) is 0.538. The van der Waals surface area contributed by atoms with Crippen molar-refractivity contribution in [1.82, 2.24) is 5.32 Å². The maximum Gasteiger partial charge on any atom is 0.145 e. The van der Waals surface area contributed by atoms with E-state index in [1.165, 1.54) is 0 Å². The van der Waals surface area contributed by atoms with Crippen LogP contribution in [0.15, 0.2) is 18.2 Å². The molecule has 1 N–H and O–H groups in total. The van der Waals surface area contributed by atoms with Crippen LogP contribution in [0.25, 0.3) is 0 Å². The van der Waals surface area contributed by atoms with Gasteiger partial charge >= 0.3 is 0 Å². The quantitative estimate of drug-likeness (QED) is 0.862. The second-order valence-electron chi connectivity index (χ2n) is 4.13. The zero-order chi connectivity index (χ0) is 12.1. The minimum Gasteiger partial charge on any atom is -0.497 e. The van der Waals surface area contributed by atoms with E-state index in [-0.39, 0.29) is 0 Å². The molecule has 1 heterocycles. The molecule has 2 rings (SSSR count). The third kappa shape index (κ3) is 2.82. The summed E-state index contributed by atoms with van der Waals surface area (Å²) in [6, 6.07) is 5.99. The van der Waals surface area contributed by atoms with Crippen molar-refractivity contribution in [3.63, 3.8) is 0 Å². The lowest BCUT2D eigenvalue weighted by Crippen LogP contribution is -2.28. The first-order valence-corrected chi connectivity index (χ1v) is 6.03. The fourth-order valence-corrected chi connectivity index (χ4v) is 2.13. The van der Waals surface area contributed by atoms with Gasteiger partial charge < -0.3 is 19.7 Å². The fourth-order valence-electron chi connectivity index (χ4n) is 2.13. The largest absolute Gasteiger partial charge is 0.497 e. The molecule has 0 saturated carbocycles. The van der Waals surface area contributed by atoms with Gasteiger partial charge in [-0.25, -0.2) is 0 Å². The number of benzene rings is 1. The highest BCUT2D eigenvalue weighted by Crippen LogP contribution is 2.32. The van der Waals surface area contributed by atoms with Crippen molar-refractivity contribution in [2.24, 2.45) is 0 Å². The summed E-state index contributed by atoms with van der Waals surface area (Å²) in [7, 11) is 3.37. The van der Waals surface area contributed by atoms with E-state index in [0.29, 0.717) is 0 Å². The molecule has 0 bridgehead atoms. The number of anilines is 1. The molecule has 1 fully saturated rings. The standard InChI is InChI=1S/C13H20N2O2/c1-16-11-4-5-12(13(10-11)17-2)15-8-3-6-14-7-9-15/h4-5,10,14H,3,6-9H2,1-2H3. The molecule has 1 aliphatic heterocycles. The molecule has 0 amide bonds. The summed E-state index contributed by atoms with van der Waals surface area (Å²) in [4.78, 5) is 2.36. The zero-order valence-corrected chi connectivity index (χ0v) is 10.5. The van der Waals surface area contributed by atoms with Crippen LogP contribution in [-0.4, -0.2) is 40.4 Å². The van der Waals surface area contributed by atoms with Gasteiger partial charge in [0, 0.05) is 25.7 Å². The molecule has 94 valence electrons. The predicted octanol–water partition coefficient (Wildman–Crippen LogP) is 1.50. The summed E-state index contributed by atoms with van der Waals surface area (Å²) < 4.78 is 10.7. The van der Waals surface area contributed by atoms with Crippen molar-refractivity contribution in [2.45, 2.75) is 6.42 Å². The summed E-state index contributed by atoms with van der Waals surface area (Å²) in [6.45, 7) is 4.20. The summed E-state index contributed by atoms with van der Waals surface area (Å²) in [5, 5.41) is 3.40. The van der Waals surface area contributed by atoms with Crippen LogP contribution in [-0.2, 0) is 0 Å². The van der Waals surface area contributed by atoms with Crippen LogP contribution < -0.4 is 19.7 Å². The molecule has 1 aromatic carbocycles. The molecule has 0 aromatic heterocycles. The molecular formula is C13H20N2O2. The number of hydrogen-bond donors (Lipinski definition) is 1. The molecule has 0 aliphatic carbocycles. The Morgan fingerprint density at radius 3 is 2.76 bits per heavy atom. The van der Waals surface area contributed by atoms with Crippen molar-refractivity contribution in [3.8, 4) is 11.5 Å². The van der Waals surface area contributed by atoms with E-state index < -0.39 is 0 Å². The summed E-state index contributed by atoms with van der Waals surface area (Å²) in [6.07, 6.45) is 1.16. The van der Waals surface area contributed by atoms with E-state index in [9.17, 15) is 0 Å². The van der Waals surface area contributed by atoms with Crippen molar-refractivity contribution >= 4 is 5.69 Å². The van der Waals surface area contributed by atoms with Gasteiger partial charge in [0.15, 0.2) is 0 Å². The highest BCUT2D eigenvalue weighted by molar-refractivity contribution is 5.61. The van der Waals surface area contributed by atoms with Crippen LogP contribution in [0.1, 0.15) is 6.42 Å². The second-order valence-corrected chi connectivity index (χ2v) is 4.13. The summed E-state index contributed by atoms with van der Waals surface area (Å²) in [5.41, 5.74) is 1.15. The van der Waals surface area contributed by atoms with Crippen LogP contribution in [0.2, 0.25) is 0 Å². The van der Waals surface area contributed by atoms with Crippen molar-refractivity contribution in [3.05, 3.63) is 18.2 Å². The molecule has 1 aromatic rings. The highest BCUT2D eigenvalue weighted by Gasteiger charge is 2.14. The van der Waals surface area contributed by atoms with E-state index in [0.717, 1.165) is 49.8 Å². The third-order valence-corrected chi connectivity index (χ3v) is 3.07. The molecule has 0 unspecified atom stereocenters. The Balaban J connectivity index is 2.23. The van der Waals surface area contributed by atoms with Gasteiger partial charge in [0.25, 0.3) is 0 Å². The Labute approximate surface area is 103 Å². The Hall–Kier alpha value is -1.42. The van der Waals surface area contributed by atoms with E-state index >= 15 is 0 Å². The molecule has 0 spiro atoms. The van der Waals surface area contributed by atoms with Crippen LogP contribution in [0.4, 0.5) is 5.69 Å². The SMILES string of the molecule is COc1ccc(N2CCCNCC2)c(OC)c1. The Bertz CT molecular complexity index is 360. The minimum atomic E-state index is 0.832. The molecule has 0 radical (unpaired) electrons. The van der Waals surface area contributed by atoms with Crippen LogP contribution in [0.5, 0.6) is 11.5 Å². The first-order chi connectivity index (χ1) is 8.35. The molecular weight excluding hydrogens is 216 g/mol. The summed E-state index contributed by atoms with van der Waals surface area (Å²) >= 11 is 0. The van der Waals surface area contributed by atoms with Crippen molar-refractivity contribution < 1.29 is 9.47 Å². The Morgan fingerprint density at radius 2 is 2.00 bits per heavy atom. The Kier molecular flexibility index (Phi) is 4.09. The first-order valence-electron chi connectivity index (χ1n) is 6.03. The average molecular weight is 236 g/mol. The lowest BCUT2D eigenvalue weighted by molar-refractivity contribution is 0.394. The molecule has 4 nitrogen and oxygen atoms in total. The number of nitrogens with one attached hydrogen (secondary N) is 1. The van der Waals surface area contributed by atoms with Gasteiger partial charge in [-0.3, -0.25) is 0 Å². The van der Waals surface area contributed by atoms with E-state index in [1.807, 2.05) is 12.1 Å². The lowest BCUT2D eigenvalue weighted by atomic mass is 10.2. The monoisotopic (exact) mass is 236 g/mol. The molecule has 1 aliphatic rings. The van der Waals surface area contributed by atoms with Gasteiger partial charge in [0.05, 0.1) is 19.9 Å². The highest BCUT2D eigenvalue weighted by atomic mass is 16.5. The molecule has 0 atom stereocenters. The number of ether oxygens (including phenoxy) is 2. The van der Waals surface area contributed by atoms with Crippen molar-refractivity contribution in [2.75, 3.05) is 45.3 Å². The average Bonchev–Trinajstić information content (AvgIpc) is 2.66. The lowest BCUT2D eigenvalue weighted by Gasteiger charge is -2.24. The third-order valence-electron chi connectivity index (χ3n) is 3.07. The maximum absolute atomic E-state index is 5.44. The number of nitrogens with zero attached hydrogens (tertiary/aromatic N) is 1. The van der Waals surface area contributed by atoms with Gasteiger partial charge in [-0.2, -0.15) is 0 Å². The van der Waals surface area contributed by atoms with Crippen molar-refractivity contribution in [1.29, 1.82) is 0 Å². The summed E-state index contributed by atoms with van der Waals surface area (Å²) in [5.74, 6) is 1.71. The maximum atomic E-state index is 5.44. The Morgan fingerprint density at radius 1 is 1.12 bits per heavy atom. The van der Waals surface area contributed by atoms with Crippen LogP contribution in [0.3, 0.4) is 0 Å². The van der Waals surface area contributed by atoms with Gasteiger partial charge in [-0.1, -0.05) is 0 Å². The smallest absolute Gasteiger partial charge is 0.145 e. The zero-order valence-electron chi connectivity index (χ0n) is 10.5.